The van der Waals surface area contributed by atoms with E-state index in [1.165, 1.54) is 32.4 Å². The van der Waals surface area contributed by atoms with Crippen LogP contribution in [0.2, 0.25) is 0 Å². The molecule has 1 aliphatic carbocycles. The zero-order valence-electron chi connectivity index (χ0n) is 9.95. The van der Waals surface area contributed by atoms with Crippen molar-refractivity contribution in [3.63, 3.8) is 0 Å². The second-order valence-corrected chi connectivity index (χ2v) is 5.02. The van der Waals surface area contributed by atoms with Crippen LogP contribution in [0.25, 0.3) is 0 Å². The number of nitrogens with one attached hydrogen (secondary N) is 1. The maximum absolute atomic E-state index is 3.40. The molecule has 0 amide bonds. The van der Waals surface area contributed by atoms with Crippen LogP contribution >= 0.6 is 0 Å². The quantitative estimate of drug-likeness (QED) is 0.813. The van der Waals surface area contributed by atoms with Gasteiger partial charge in [-0.05, 0) is 37.4 Å². The highest BCUT2D eigenvalue weighted by molar-refractivity contribution is 5.34. The van der Waals surface area contributed by atoms with Crippen LogP contribution in [0.15, 0.2) is 24.3 Å². The molecule has 1 aliphatic heterocycles. The highest BCUT2D eigenvalue weighted by Crippen LogP contribution is 2.37. The van der Waals surface area contributed by atoms with Gasteiger partial charge in [0.15, 0.2) is 0 Å². The van der Waals surface area contributed by atoms with Crippen LogP contribution in [0.5, 0.6) is 0 Å². The normalized spacial score (nSPS) is 29.6. The summed E-state index contributed by atoms with van der Waals surface area (Å²) in [5.41, 5.74) is 3.15. The van der Waals surface area contributed by atoms with E-state index in [4.69, 9.17) is 0 Å². The lowest BCUT2D eigenvalue weighted by molar-refractivity contribution is 0.240. The fraction of sp³-hybridized carbons (Fsp3) is 0.571. The molecule has 2 atom stereocenters. The third-order valence-electron chi connectivity index (χ3n) is 4.17. The Bertz CT molecular complexity index is 375. The minimum atomic E-state index is 0.689. The van der Waals surface area contributed by atoms with Crippen LogP contribution in [-0.2, 0) is 6.42 Å². The Labute approximate surface area is 97.6 Å². The van der Waals surface area contributed by atoms with Crippen molar-refractivity contribution in [1.29, 1.82) is 0 Å². The Morgan fingerprint density at radius 2 is 2.12 bits per heavy atom. The smallest absolute Gasteiger partial charge is 0.0354 e. The molecular formula is C14H20N2. The summed E-state index contributed by atoms with van der Waals surface area (Å²) in [4.78, 5) is 2.66. The van der Waals surface area contributed by atoms with Crippen molar-refractivity contribution in [3.05, 3.63) is 35.4 Å². The van der Waals surface area contributed by atoms with Crippen molar-refractivity contribution in [2.75, 3.05) is 20.1 Å². The molecule has 0 saturated carbocycles. The number of likely N-dealkylation sites (tertiary alicyclic amines) is 1. The van der Waals surface area contributed by atoms with Gasteiger partial charge in [-0.3, -0.25) is 4.90 Å². The van der Waals surface area contributed by atoms with E-state index in [0.29, 0.717) is 12.1 Å². The van der Waals surface area contributed by atoms with E-state index in [1.807, 2.05) is 0 Å². The molecule has 1 saturated heterocycles. The molecule has 1 aromatic rings. The van der Waals surface area contributed by atoms with E-state index in [2.05, 4.69) is 41.5 Å². The number of likely N-dealkylation sites (N-methyl/N-ethyl adjacent to an activating group) is 1. The molecule has 1 N–H and O–H groups in total. The van der Waals surface area contributed by atoms with Gasteiger partial charge in [-0.1, -0.05) is 24.3 Å². The zero-order chi connectivity index (χ0) is 11.0. The number of benzene rings is 1. The van der Waals surface area contributed by atoms with Crippen LogP contribution in [0.4, 0.5) is 0 Å². The number of fused-ring (bicyclic) bond motifs is 1. The molecule has 16 heavy (non-hydrogen) atoms. The molecule has 1 heterocycles. The molecule has 3 rings (SSSR count). The Morgan fingerprint density at radius 1 is 1.25 bits per heavy atom. The molecule has 2 heteroatoms. The molecule has 0 aromatic heterocycles. The molecule has 86 valence electrons. The number of rotatable bonds is 2. The van der Waals surface area contributed by atoms with Gasteiger partial charge in [0.2, 0.25) is 0 Å². The number of hydrogen-bond acceptors (Lipinski definition) is 2. The molecule has 1 fully saturated rings. The van der Waals surface area contributed by atoms with Crippen molar-refractivity contribution in [3.8, 4) is 0 Å². The van der Waals surface area contributed by atoms with Crippen LogP contribution < -0.4 is 5.32 Å². The van der Waals surface area contributed by atoms with Gasteiger partial charge in [-0.2, -0.15) is 0 Å². The van der Waals surface area contributed by atoms with Gasteiger partial charge >= 0.3 is 0 Å². The third kappa shape index (κ3) is 1.66. The van der Waals surface area contributed by atoms with Gasteiger partial charge in [-0.15, -0.1) is 0 Å². The molecule has 0 bridgehead atoms. The fourth-order valence-corrected chi connectivity index (χ4v) is 3.22. The minimum Gasteiger partial charge on any atom is -0.316 e. The third-order valence-corrected chi connectivity index (χ3v) is 4.17. The standard InChI is InChI=1S/C14H20N2/c1-15-12-8-9-16(10-12)14-7-6-11-4-2-3-5-13(11)14/h2-5,12,14-15H,6-10H2,1H3/t12?,14-/m0/s1. The molecule has 2 nitrogen and oxygen atoms in total. The summed E-state index contributed by atoms with van der Waals surface area (Å²) in [6.07, 6.45) is 3.88. The predicted octanol–water partition coefficient (Wildman–Crippen LogP) is 1.97. The summed E-state index contributed by atoms with van der Waals surface area (Å²) in [6, 6.07) is 10.4. The van der Waals surface area contributed by atoms with Crippen molar-refractivity contribution in [2.45, 2.75) is 31.3 Å². The predicted molar refractivity (Wildman–Crippen MR) is 66.5 cm³/mol. The van der Waals surface area contributed by atoms with E-state index in [1.54, 1.807) is 11.1 Å². The van der Waals surface area contributed by atoms with Crippen molar-refractivity contribution < 1.29 is 0 Å². The lowest BCUT2D eigenvalue weighted by Crippen LogP contribution is -2.31. The fourth-order valence-electron chi connectivity index (χ4n) is 3.22. The molecule has 1 unspecified atom stereocenters. The summed E-state index contributed by atoms with van der Waals surface area (Å²) >= 11 is 0. The van der Waals surface area contributed by atoms with Crippen LogP contribution in [0.3, 0.4) is 0 Å². The first-order valence-corrected chi connectivity index (χ1v) is 6.37. The number of nitrogens with zero attached hydrogens (tertiary/aromatic N) is 1. The summed E-state index contributed by atoms with van der Waals surface area (Å²) in [5.74, 6) is 0. The first kappa shape index (κ1) is 10.3. The van der Waals surface area contributed by atoms with Crippen molar-refractivity contribution in [2.24, 2.45) is 0 Å². The molecule has 0 radical (unpaired) electrons. The van der Waals surface area contributed by atoms with Crippen molar-refractivity contribution in [1.82, 2.24) is 10.2 Å². The van der Waals surface area contributed by atoms with Gasteiger partial charge in [-0.25, -0.2) is 0 Å². The van der Waals surface area contributed by atoms with E-state index in [-0.39, 0.29) is 0 Å². The molecule has 0 spiro atoms. The summed E-state index contributed by atoms with van der Waals surface area (Å²) in [6.45, 7) is 2.47. The van der Waals surface area contributed by atoms with Crippen LogP contribution in [0.1, 0.15) is 30.0 Å². The van der Waals surface area contributed by atoms with Gasteiger partial charge in [0, 0.05) is 25.2 Å². The van der Waals surface area contributed by atoms with Gasteiger partial charge in [0.1, 0.15) is 0 Å². The van der Waals surface area contributed by atoms with Crippen molar-refractivity contribution >= 4 is 0 Å². The average Bonchev–Trinajstić information content (AvgIpc) is 2.94. The van der Waals surface area contributed by atoms with E-state index >= 15 is 0 Å². The highest BCUT2D eigenvalue weighted by Gasteiger charge is 2.32. The summed E-state index contributed by atoms with van der Waals surface area (Å²) in [5, 5.41) is 3.40. The first-order valence-electron chi connectivity index (χ1n) is 6.37. The van der Waals surface area contributed by atoms with Gasteiger partial charge in [0.25, 0.3) is 0 Å². The lowest BCUT2D eigenvalue weighted by atomic mass is 10.1. The zero-order valence-corrected chi connectivity index (χ0v) is 9.95. The van der Waals surface area contributed by atoms with E-state index in [9.17, 15) is 0 Å². The largest absolute Gasteiger partial charge is 0.316 e. The topological polar surface area (TPSA) is 15.3 Å². The Kier molecular flexibility index (Phi) is 2.70. The van der Waals surface area contributed by atoms with Gasteiger partial charge < -0.3 is 5.32 Å². The molecular weight excluding hydrogens is 196 g/mol. The van der Waals surface area contributed by atoms with E-state index in [0.717, 1.165) is 0 Å². The SMILES string of the molecule is CNC1CCN([C@H]2CCc3ccccc32)C1. The highest BCUT2D eigenvalue weighted by atomic mass is 15.2. The maximum Gasteiger partial charge on any atom is 0.0354 e. The van der Waals surface area contributed by atoms with E-state index < -0.39 is 0 Å². The summed E-state index contributed by atoms with van der Waals surface area (Å²) < 4.78 is 0. The maximum atomic E-state index is 3.40. The lowest BCUT2D eigenvalue weighted by Gasteiger charge is -2.24. The monoisotopic (exact) mass is 216 g/mol. The average molecular weight is 216 g/mol. The molecule has 2 aliphatic rings. The Balaban J connectivity index is 1.78. The van der Waals surface area contributed by atoms with Crippen LogP contribution in [-0.4, -0.2) is 31.1 Å². The Hall–Kier alpha value is -0.860. The minimum absolute atomic E-state index is 0.689. The van der Waals surface area contributed by atoms with Gasteiger partial charge in [0.05, 0.1) is 0 Å². The first-order chi connectivity index (χ1) is 7.88. The number of aryl methyl sites for hydroxylation is 1. The Morgan fingerprint density at radius 3 is 2.94 bits per heavy atom. The second-order valence-electron chi connectivity index (χ2n) is 5.02. The van der Waals surface area contributed by atoms with Crippen LogP contribution in [0, 0.1) is 0 Å². The second kappa shape index (κ2) is 4.19. The molecule has 1 aromatic carbocycles. The summed E-state index contributed by atoms with van der Waals surface area (Å²) in [7, 11) is 2.08. The number of hydrogen-bond donors (Lipinski definition) is 1.